The molecule has 0 aliphatic carbocycles. The fourth-order valence-electron chi connectivity index (χ4n) is 3.29. The van der Waals surface area contributed by atoms with Crippen LogP contribution < -0.4 is 5.73 Å². The van der Waals surface area contributed by atoms with Crippen LogP contribution in [-0.4, -0.2) is 33.9 Å². The molecule has 1 saturated heterocycles. The highest BCUT2D eigenvalue weighted by atomic mass is 19.1. The molecule has 3 rings (SSSR count). The van der Waals surface area contributed by atoms with Crippen LogP contribution in [0.5, 0.6) is 0 Å². The molecule has 1 unspecified atom stereocenters. The first kappa shape index (κ1) is 15.0. The molecule has 0 bridgehead atoms. The van der Waals surface area contributed by atoms with Crippen LogP contribution in [0.15, 0.2) is 12.1 Å². The topological polar surface area (TPSA) is 75.0 Å². The van der Waals surface area contributed by atoms with Crippen molar-refractivity contribution in [1.82, 2.24) is 14.9 Å². The molecule has 3 N–H and O–H groups in total. The molecule has 0 spiro atoms. The molecule has 2 aromatic rings. The molecule has 1 aromatic heterocycles. The number of nitrogens with zero attached hydrogens (tertiary/aromatic N) is 2. The predicted molar refractivity (Wildman–Crippen MR) is 83.0 cm³/mol. The Morgan fingerprint density at radius 3 is 3.00 bits per heavy atom. The second kappa shape index (κ2) is 5.68. The van der Waals surface area contributed by atoms with E-state index in [4.69, 9.17) is 5.73 Å². The normalized spacial score (nSPS) is 19.4. The Kier molecular flexibility index (Phi) is 3.87. The van der Waals surface area contributed by atoms with Crippen molar-refractivity contribution in [2.24, 2.45) is 11.7 Å². The zero-order valence-corrected chi connectivity index (χ0v) is 12.9. The van der Waals surface area contributed by atoms with E-state index in [0.717, 1.165) is 31.8 Å². The number of primary amides is 1. The number of likely N-dealkylation sites (tertiary alicyclic amines) is 1. The summed E-state index contributed by atoms with van der Waals surface area (Å²) in [6.45, 7) is 6.42. The Morgan fingerprint density at radius 2 is 2.32 bits per heavy atom. The third-order valence-electron chi connectivity index (χ3n) is 4.15. The number of benzene rings is 1. The minimum absolute atomic E-state index is 0.131. The van der Waals surface area contributed by atoms with Crippen LogP contribution in [0.2, 0.25) is 0 Å². The molecule has 1 amide bonds. The molecule has 0 saturated carbocycles. The summed E-state index contributed by atoms with van der Waals surface area (Å²) in [5.74, 6) is -0.0417. The first-order chi connectivity index (χ1) is 10.5. The summed E-state index contributed by atoms with van der Waals surface area (Å²) in [6, 6.07) is 3.05. The van der Waals surface area contributed by atoms with Crippen molar-refractivity contribution >= 4 is 16.9 Å². The highest BCUT2D eigenvalue weighted by molar-refractivity contribution is 6.04. The SMILES string of the molecule is CC(C)CN1CCCC1c1nc2c(C(N)=O)c(F)ccc2[nH]1. The quantitative estimate of drug-likeness (QED) is 0.911. The van der Waals surface area contributed by atoms with Crippen LogP contribution in [-0.2, 0) is 0 Å². The molecule has 1 atom stereocenters. The number of aromatic nitrogens is 2. The van der Waals surface area contributed by atoms with Gasteiger partial charge in [-0.1, -0.05) is 13.8 Å². The van der Waals surface area contributed by atoms with Gasteiger partial charge in [-0.3, -0.25) is 9.69 Å². The summed E-state index contributed by atoms with van der Waals surface area (Å²) in [6.07, 6.45) is 2.13. The maximum absolute atomic E-state index is 13.8. The van der Waals surface area contributed by atoms with Gasteiger partial charge in [0.25, 0.3) is 5.91 Å². The Bertz CT molecular complexity index is 709. The minimum Gasteiger partial charge on any atom is -0.365 e. The monoisotopic (exact) mass is 304 g/mol. The maximum Gasteiger partial charge on any atom is 0.253 e. The maximum atomic E-state index is 13.8. The average molecular weight is 304 g/mol. The van der Waals surface area contributed by atoms with E-state index in [1.807, 2.05) is 0 Å². The van der Waals surface area contributed by atoms with E-state index in [-0.39, 0.29) is 11.6 Å². The molecule has 1 aromatic carbocycles. The van der Waals surface area contributed by atoms with Gasteiger partial charge in [-0.25, -0.2) is 9.37 Å². The molecule has 1 fully saturated rings. The number of nitrogens with two attached hydrogens (primary N) is 1. The van der Waals surface area contributed by atoms with Gasteiger partial charge in [0.05, 0.1) is 11.6 Å². The largest absolute Gasteiger partial charge is 0.365 e. The Labute approximate surface area is 128 Å². The summed E-state index contributed by atoms with van der Waals surface area (Å²) in [4.78, 5) is 21.6. The number of aromatic amines is 1. The number of carbonyl (C=O) groups excluding carboxylic acids is 1. The Balaban J connectivity index is 2.02. The van der Waals surface area contributed by atoms with E-state index in [1.54, 1.807) is 6.07 Å². The van der Waals surface area contributed by atoms with Crippen molar-refractivity contribution in [1.29, 1.82) is 0 Å². The molecule has 2 heterocycles. The van der Waals surface area contributed by atoms with Crippen LogP contribution >= 0.6 is 0 Å². The highest BCUT2D eigenvalue weighted by Crippen LogP contribution is 2.32. The van der Waals surface area contributed by atoms with Gasteiger partial charge < -0.3 is 10.7 Å². The molecule has 1 aliphatic heterocycles. The zero-order chi connectivity index (χ0) is 15.9. The van der Waals surface area contributed by atoms with E-state index in [9.17, 15) is 9.18 Å². The number of hydrogen-bond donors (Lipinski definition) is 2. The van der Waals surface area contributed by atoms with Gasteiger partial charge in [0, 0.05) is 6.54 Å². The minimum atomic E-state index is -0.786. The summed E-state index contributed by atoms with van der Waals surface area (Å²) in [5.41, 5.74) is 6.15. The third-order valence-corrected chi connectivity index (χ3v) is 4.15. The van der Waals surface area contributed by atoms with E-state index in [1.165, 1.54) is 6.07 Å². The van der Waals surface area contributed by atoms with Crippen molar-refractivity contribution in [3.63, 3.8) is 0 Å². The standard InChI is InChI=1S/C16H21FN4O/c1-9(2)8-21-7-3-4-12(21)16-19-11-6-5-10(17)13(15(18)22)14(11)20-16/h5-6,9,12H,3-4,7-8H2,1-2H3,(H2,18,22)(H,19,20). The lowest BCUT2D eigenvalue weighted by Crippen LogP contribution is -2.28. The van der Waals surface area contributed by atoms with Crippen LogP contribution in [0, 0.1) is 11.7 Å². The number of nitrogens with one attached hydrogen (secondary N) is 1. The van der Waals surface area contributed by atoms with Gasteiger partial charge in [-0.05, 0) is 37.4 Å². The van der Waals surface area contributed by atoms with Crippen molar-refractivity contribution in [3.05, 3.63) is 29.3 Å². The van der Waals surface area contributed by atoms with Crippen molar-refractivity contribution in [2.75, 3.05) is 13.1 Å². The van der Waals surface area contributed by atoms with Crippen LogP contribution in [0.1, 0.15) is 48.9 Å². The van der Waals surface area contributed by atoms with Crippen molar-refractivity contribution in [3.8, 4) is 0 Å². The number of carbonyl (C=O) groups is 1. The number of rotatable bonds is 4. The fraction of sp³-hybridized carbons (Fsp3) is 0.500. The van der Waals surface area contributed by atoms with Gasteiger partial charge in [-0.2, -0.15) is 0 Å². The Morgan fingerprint density at radius 1 is 1.55 bits per heavy atom. The van der Waals surface area contributed by atoms with Gasteiger partial charge in [0.15, 0.2) is 0 Å². The lowest BCUT2D eigenvalue weighted by atomic mass is 10.1. The third kappa shape index (κ3) is 2.59. The smallest absolute Gasteiger partial charge is 0.253 e. The van der Waals surface area contributed by atoms with E-state index < -0.39 is 11.7 Å². The molecule has 22 heavy (non-hydrogen) atoms. The molecule has 5 nitrogen and oxygen atoms in total. The van der Waals surface area contributed by atoms with E-state index in [0.29, 0.717) is 17.0 Å². The number of H-pyrrole nitrogens is 1. The fourth-order valence-corrected chi connectivity index (χ4v) is 3.29. The van der Waals surface area contributed by atoms with Crippen LogP contribution in [0.25, 0.3) is 11.0 Å². The number of halogens is 1. The number of hydrogen-bond acceptors (Lipinski definition) is 3. The molecule has 0 radical (unpaired) electrons. The first-order valence-electron chi connectivity index (χ1n) is 7.69. The van der Waals surface area contributed by atoms with Gasteiger partial charge in [0.2, 0.25) is 0 Å². The number of amides is 1. The molecular formula is C16H21FN4O. The van der Waals surface area contributed by atoms with Gasteiger partial charge in [-0.15, -0.1) is 0 Å². The lowest BCUT2D eigenvalue weighted by Gasteiger charge is -2.24. The lowest BCUT2D eigenvalue weighted by molar-refractivity contribution is 0.0998. The molecule has 6 heteroatoms. The number of imidazole rings is 1. The average Bonchev–Trinajstić information content (AvgIpc) is 3.03. The number of fused-ring (bicyclic) bond motifs is 1. The summed E-state index contributed by atoms with van der Waals surface area (Å²) < 4.78 is 13.8. The summed E-state index contributed by atoms with van der Waals surface area (Å²) in [5, 5.41) is 0. The van der Waals surface area contributed by atoms with E-state index in [2.05, 4.69) is 28.7 Å². The van der Waals surface area contributed by atoms with Gasteiger partial charge >= 0.3 is 0 Å². The van der Waals surface area contributed by atoms with Gasteiger partial charge in [0.1, 0.15) is 22.7 Å². The molecule has 118 valence electrons. The van der Waals surface area contributed by atoms with Crippen molar-refractivity contribution < 1.29 is 9.18 Å². The van der Waals surface area contributed by atoms with Crippen LogP contribution in [0.4, 0.5) is 4.39 Å². The summed E-state index contributed by atoms with van der Waals surface area (Å²) >= 11 is 0. The van der Waals surface area contributed by atoms with Crippen LogP contribution in [0.3, 0.4) is 0 Å². The second-order valence-electron chi connectivity index (χ2n) is 6.35. The summed E-state index contributed by atoms with van der Waals surface area (Å²) in [7, 11) is 0. The first-order valence-corrected chi connectivity index (χ1v) is 7.69. The second-order valence-corrected chi connectivity index (χ2v) is 6.35. The van der Waals surface area contributed by atoms with E-state index >= 15 is 0 Å². The highest BCUT2D eigenvalue weighted by Gasteiger charge is 2.29. The zero-order valence-electron chi connectivity index (χ0n) is 12.9. The Hall–Kier alpha value is -1.95. The predicted octanol–water partition coefficient (Wildman–Crippen LogP) is 2.59. The van der Waals surface area contributed by atoms with Crippen molar-refractivity contribution in [2.45, 2.75) is 32.7 Å². The molecular weight excluding hydrogens is 283 g/mol. The molecule has 1 aliphatic rings.